The average Bonchev–Trinajstić information content (AvgIpc) is 3.21. The first-order chi connectivity index (χ1) is 11.3. The molecular formula is C19H17N3S. The van der Waals surface area contributed by atoms with Crippen molar-refractivity contribution in [3.05, 3.63) is 64.7 Å². The van der Waals surface area contributed by atoms with E-state index in [1.807, 2.05) is 35.6 Å². The number of thiazole rings is 1. The van der Waals surface area contributed by atoms with Gasteiger partial charge in [-0.15, -0.1) is 11.3 Å². The van der Waals surface area contributed by atoms with Gasteiger partial charge in [-0.3, -0.25) is 4.90 Å². The van der Waals surface area contributed by atoms with Crippen molar-refractivity contribution in [3.63, 3.8) is 0 Å². The molecule has 2 heterocycles. The van der Waals surface area contributed by atoms with Crippen LogP contribution in [0, 0.1) is 11.3 Å². The molecule has 4 heteroatoms. The summed E-state index contributed by atoms with van der Waals surface area (Å²) in [7, 11) is 0. The normalized spacial score (nSPS) is 18.3. The van der Waals surface area contributed by atoms with Gasteiger partial charge in [0.15, 0.2) is 0 Å². The predicted molar refractivity (Wildman–Crippen MR) is 93.2 cm³/mol. The molecule has 0 bridgehead atoms. The van der Waals surface area contributed by atoms with Crippen LogP contribution in [0.5, 0.6) is 0 Å². The Bertz CT molecular complexity index is 844. The van der Waals surface area contributed by atoms with E-state index in [1.165, 1.54) is 21.7 Å². The lowest BCUT2D eigenvalue weighted by Crippen LogP contribution is -2.22. The maximum atomic E-state index is 9.06. The van der Waals surface area contributed by atoms with Crippen molar-refractivity contribution in [3.8, 4) is 6.07 Å². The summed E-state index contributed by atoms with van der Waals surface area (Å²) in [5, 5.41) is 10.3. The molecule has 0 aliphatic carbocycles. The van der Waals surface area contributed by atoms with Gasteiger partial charge >= 0.3 is 0 Å². The number of aromatic nitrogens is 1. The van der Waals surface area contributed by atoms with E-state index in [4.69, 9.17) is 10.2 Å². The van der Waals surface area contributed by atoms with Gasteiger partial charge in [-0.1, -0.05) is 24.3 Å². The van der Waals surface area contributed by atoms with Crippen molar-refractivity contribution in [2.24, 2.45) is 0 Å². The molecule has 3 aromatic rings. The van der Waals surface area contributed by atoms with Crippen molar-refractivity contribution in [1.29, 1.82) is 5.26 Å². The largest absolute Gasteiger partial charge is 0.290 e. The Morgan fingerprint density at radius 2 is 2.13 bits per heavy atom. The third-order valence-corrected chi connectivity index (χ3v) is 5.54. The molecule has 4 rings (SSSR count). The third kappa shape index (κ3) is 2.86. The fraction of sp³-hybridized carbons (Fsp3) is 0.263. The molecule has 1 saturated heterocycles. The lowest BCUT2D eigenvalue weighted by atomic mass is 10.1. The van der Waals surface area contributed by atoms with Gasteiger partial charge in [0, 0.05) is 6.54 Å². The van der Waals surface area contributed by atoms with E-state index >= 15 is 0 Å². The number of hydrogen-bond donors (Lipinski definition) is 0. The van der Waals surface area contributed by atoms with Gasteiger partial charge in [0.25, 0.3) is 0 Å². The summed E-state index contributed by atoms with van der Waals surface area (Å²) in [5.74, 6) is 0. The van der Waals surface area contributed by atoms with Crippen LogP contribution in [0.25, 0.3) is 10.2 Å². The molecule has 0 amide bonds. The van der Waals surface area contributed by atoms with Gasteiger partial charge in [0.05, 0.1) is 27.9 Å². The van der Waals surface area contributed by atoms with Crippen LogP contribution in [-0.4, -0.2) is 16.4 Å². The van der Waals surface area contributed by atoms with E-state index in [-0.39, 0.29) is 0 Å². The lowest BCUT2D eigenvalue weighted by molar-refractivity contribution is 0.248. The topological polar surface area (TPSA) is 39.9 Å². The molecule has 0 saturated carbocycles. The molecule has 2 aromatic carbocycles. The van der Waals surface area contributed by atoms with Crippen molar-refractivity contribution >= 4 is 21.6 Å². The number of fused-ring (bicyclic) bond motifs is 1. The fourth-order valence-electron chi connectivity index (χ4n) is 3.30. The number of para-hydroxylation sites is 1. The second-order valence-electron chi connectivity index (χ2n) is 5.96. The molecule has 0 N–H and O–H groups in total. The molecule has 1 aliphatic heterocycles. The molecule has 0 radical (unpaired) electrons. The molecule has 1 atom stereocenters. The average molecular weight is 319 g/mol. The second kappa shape index (κ2) is 6.11. The monoisotopic (exact) mass is 319 g/mol. The van der Waals surface area contributed by atoms with Crippen LogP contribution in [0.2, 0.25) is 0 Å². The second-order valence-corrected chi connectivity index (χ2v) is 7.02. The summed E-state index contributed by atoms with van der Waals surface area (Å²) in [6.45, 7) is 1.98. The molecule has 1 aliphatic rings. The third-order valence-electron chi connectivity index (χ3n) is 4.40. The molecule has 23 heavy (non-hydrogen) atoms. The number of hydrogen-bond acceptors (Lipinski definition) is 4. The van der Waals surface area contributed by atoms with Crippen LogP contribution in [0.15, 0.2) is 48.5 Å². The summed E-state index contributed by atoms with van der Waals surface area (Å²) < 4.78 is 1.26. The molecule has 0 spiro atoms. The highest BCUT2D eigenvalue weighted by Gasteiger charge is 2.28. The highest BCUT2D eigenvalue weighted by molar-refractivity contribution is 7.18. The maximum absolute atomic E-state index is 9.06. The van der Waals surface area contributed by atoms with Crippen LogP contribution in [0.1, 0.15) is 35.0 Å². The zero-order valence-corrected chi connectivity index (χ0v) is 13.6. The first kappa shape index (κ1) is 14.4. The zero-order chi connectivity index (χ0) is 15.6. The van der Waals surface area contributed by atoms with Gasteiger partial charge in [-0.05, 0) is 49.2 Å². The number of likely N-dealkylation sites (tertiary alicyclic amines) is 1. The van der Waals surface area contributed by atoms with E-state index < -0.39 is 0 Å². The van der Waals surface area contributed by atoms with E-state index in [0.717, 1.165) is 30.6 Å². The Hall–Kier alpha value is -2.22. The number of benzene rings is 2. The van der Waals surface area contributed by atoms with Gasteiger partial charge in [0.1, 0.15) is 5.01 Å². The van der Waals surface area contributed by atoms with Gasteiger partial charge in [-0.25, -0.2) is 4.98 Å². The van der Waals surface area contributed by atoms with Crippen molar-refractivity contribution in [2.45, 2.75) is 25.4 Å². The molecule has 1 aromatic heterocycles. The molecule has 1 fully saturated rings. The minimum atomic E-state index is 0.401. The van der Waals surface area contributed by atoms with Gasteiger partial charge in [0.2, 0.25) is 0 Å². The number of nitrogens with zero attached hydrogens (tertiary/aromatic N) is 3. The summed E-state index contributed by atoms with van der Waals surface area (Å²) in [6.07, 6.45) is 2.37. The van der Waals surface area contributed by atoms with Crippen molar-refractivity contribution in [2.75, 3.05) is 6.54 Å². The van der Waals surface area contributed by atoms with Gasteiger partial charge in [-0.2, -0.15) is 5.26 Å². The Morgan fingerprint density at radius 1 is 1.22 bits per heavy atom. The van der Waals surface area contributed by atoms with E-state index in [1.54, 1.807) is 0 Å². The Labute approximate surface area is 139 Å². The van der Waals surface area contributed by atoms with Crippen LogP contribution >= 0.6 is 11.3 Å². The summed E-state index contributed by atoms with van der Waals surface area (Å²) >= 11 is 1.81. The zero-order valence-electron chi connectivity index (χ0n) is 12.8. The summed E-state index contributed by atoms with van der Waals surface area (Å²) in [5.41, 5.74) is 3.04. The molecule has 114 valence electrons. The maximum Gasteiger partial charge on any atom is 0.111 e. The Kier molecular flexibility index (Phi) is 3.82. The first-order valence-electron chi connectivity index (χ1n) is 7.92. The summed E-state index contributed by atoms with van der Waals surface area (Å²) in [6, 6.07) is 18.9. The van der Waals surface area contributed by atoms with E-state index in [9.17, 15) is 0 Å². The van der Waals surface area contributed by atoms with Crippen LogP contribution in [0.4, 0.5) is 0 Å². The summed E-state index contributed by atoms with van der Waals surface area (Å²) in [4.78, 5) is 7.34. The Morgan fingerprint density at radius 3 is 3.00 bits per heavy atom. The van der Waals surface area contributed by atoms with Crippen molar-refractivity contribution < 1.29 is 0 Å². The highest BCUT2D eigenvalue weighted by Crippen LogP contribution is 2.37. The van der Waals surface area contributed by atoms with Crippen LogP contribution in [-0.2, 0) is 6.54 Å². The lowest BCUT2D eigenvalue weighted by Gasteiger charge is -2.22. The molecule has 3 nitrogen and oxygen atoms in total. The fourth-order valence-corrected chi connectivity index (χ4v) is 4.44. The minimum Gasteiger partial charge on any atom is -0.290 e. The standard InChI is InChI=1S/C19H17N3S/c20-12-14-5-3-6-15(11-14)13-22-10-4-8-17(22)19-21-16-7-1-2-9-18(16)23-19/h1-3,5-7,9,11,17H,4,8,10,13H2. The van der Waals surface area contributed by atoms with Crippen LogP contribution in [0.3, 0.4) is 0 Å². The number of nitriles is 1. The minimum absolute atomic E-state index is 0.401. The van der Waals surface area contributed by atoms with E-state index in [0.29, 0.717) is 6.04 Å². The van der Waals surface area contributed by atoms with Gasteiger partial charge < -0.3 is 0 Å². The highest BCUT2D eigenvalue weighted by atomic mass is 32.1. The SMILES string of the molecule is N#Cc1cccc(CN2CCCC2c2nc3ccccc3s2)c1. The van der Waals surface area contributed by atoms with Crippen molar-refractivity contribution in [1.82, 2.24) is 9.88 Å². The molecule has 1 unspecified atom stereocenters. The van der Waals surface area contributed by atoms with E-state index in [2.05, 4.69) is 35.2 Å². The molecular weight excluding hydrogens is 302 g/mol. The van der Waals surface area contributed by atoms with Crippen LogP contribution < -0.4 is 0 Å². The Balaban J connectivity index is 1.59. The smallest absolute Gasteiger partial charge is 0.111 e. The quantitative estimate of drug-likeness (QED) is 0.713. The number of rotatable bonds is 3. The first-order valence-corrected chi connectivity index (χ1v) is 8.74. The predicted octanol–water partition coefficient (Wildman–Crippen LogP) is 4.51.